The molecule has 2 aliphatic heterocycles. The molecule has 2 saturated carbocycles. The first kappa shape index (κ1) is 45.9. The number of amides is 6. The molecule has 2 saturated heterocycles. The van der Waals surface area contributed by atoms with Gasteiger partial charge in [0, 0.05) is 80.9 Å². The number of halogens is 1. The number of nitrogens with zero attached hydrogens (tertiary/aromatic N) is 4. The monoisotopic (exact) mass is 905 g/mol. The first-order chi connectivity index (χ1) is 30.5. The molecule has 2 aliphatic carbocycles. The summed E-state index contributed by atoms with van der Waals surface area (Å²) in [7, 11) is 1.51. The summed E-state index contributed by atoms with van der Waals surface area (Å²) in [5, 5.41) is 43.5. The summed E-state index contributed by atoms with van der Waals surface area (Å²) in [6.07, 6.45) is 5.69. The number of aromatic nitrogens is 4. The minimum absolute atomic E-state index is 0.0397. The summed E-state index contributed by atoms with van der Waals surface area (Å²) in [5.74, 6) is 6.48. The number of nitrogens with one attached hydrogen (secondary N) is 7. The summed E-state index contributed by atoms with van der Waals surface area (Å²) in [6.45, 7) is 1.51. The fraction of sp³-hybridized carbons (Fsp3) is 0.581. The van der Waals surface area contributed by atoms with Crippen LogP contribution in [0, 0.1) is 23.2 Å². The van der Waals surface area contributed by atoms with E-state index in [1.807, 2.05) is 30.0 Å². The van der Waals surface area contributed by atoms with E-state index in [2.05, 4.69) is 64.0 Å². The zero-order valence-electron chi connectivity index (χ0n) is 35.3. The van der Waals surface area contributed by atoms with E-state index in [9.17, 15) is 34.2 Å². The van der Waals surface area contributed by atoms with Gasteiger partial charge < -0.3 is 52.0 Å². The topological polar surface area (TPSA) is 254 Å². The number of rotatable bonds is 21. The van der Waals surface area contributed by atoms with Crippen LogP contribution < -0.4 is 37.2 Å². The van der Waals surface area contributed by atoms with Gasteiger partial charge in [0.05, 0.1) is 36.0 Å². The van der Waals surface area contributed by atoms with Gasteiger partial charge in [-0.3, -0.25) is 19.2 Å². The maximum atomic E-state index is 12.8. The summed E-state index contributed by atoms with van der Waals surface area (Å²) >= 11 is 8.08. The molecule has 63 heavy (non-hydrogen) atoms. The van der Waals surface area contributed by atoms with Gasteiger partial charge >= 0.3 is 6.03 Å². The van der Waals surface area contributed by atoms with Crippen LogP contribution in [0.4, 0.5) is 10.6 Å². The number of imidazole rings is 1. The number of carbonyl (C=O) groups excluding carboxylic acids is 5. The number of anilines is 1. The van der Waals surface area contributed by atoms with Gasteiger partial charge in [0.1, 0.15) is 6.10 Å². The second kappa shape index (κ2) is 21.0. The fourth-order valence-electron chi connectivity index (χ4n) is 9.01. The summed E-state index contributed by atoms with van der Waals surface area (Å²) in [6, 6.07) is 7.04. The van der Waals surface area contributed by atoms with Crippen molar-refractivity contribution in [3.63, 3.8) is 0 Å². The Bertz CT molecular complexity index is 2230. The molecule has 7 rings (SSSR count). The molecule has 1 aromatic carbocycles. The number of aliphatic hydroxyl groups is 2. The van der Waals surface area contributed by atoms with E-state index in [1.54, 1.807) is 10.6 Å². The standard InChI is InChI=1S/C43H56ClN11O7S/c1-45-41(61)43-21-27(43)36(37(59)38(43)60)55-24-50-35-39(49-22-25-10-9-11-26(44)20-25)52-30(53-40(35)55)13-5-7-16-33(58)48-19-18-47-32(57)14-3-2-8-17-46-31(56)15-6-4-12-29-34-28(23-63-29)51-42(62)54-34/h9-11,20,24,27-29,34,36-38,59-60H,2-4,6-8,12,14-19,21-23H2,1H3,(H,45,61)(H,46,56)(H,47,57)(H,48,58)(H,49,52,53)(H2,51,54,62)/t27-,28?,29?,34?,36-,37+,38+,43+/m1/s1. The van der Waals surface area contributed by atoms with Gasteiger partial charge in [-0.2, -0.15) is 11.8 Å². The zero-order chi connectivity index (χ0) is 44.5. The van der Waals surface area contributed by atoms with Crippen LogP contribution in [0.5, 0.6) is 0 Å². The molecular formula is C43H56ClN11O7S. The van der Waals surface area contributed by atoms with Gasteiger partial charge in [-0.1, -0.05) is 42.5 Å². The molecule has 4 aliphatic rings. The smallest absolute Gasteiger partial charge is 0.315 e. The lowest BCUT2D eigenvalue weighted by Crippen LogP contribution is -2.41. The van der Waals surface area contributed by atoms with Crippen LogP contribution in [0.1, 0.15) is 88.1 Å². The molecule has 338 valence electrons. The lowest BCUT2D eigenvalue weighted by molar-refractivity contribution is -0.132. The summed E-state index contributed by atoms with van der Waals surface area (Å²) in [4.78, 5) is 75.2. The number of hydrogen-bond acceptors (Lipinski definition) is 12. The summed E-state index contributed by atoms with van der Waals surface area (Å²) in [5.41, 5.74) is 0.620. The van der Waals surface area contributed by atoms with Gasteiger partial charge in [0.2, 0.25) is 29.5 Å². The molecule has 20 heteroatoms. The van der Waals surface area contributed by atoms with Crippen molar-refractivity contribution in [2.45, 2.75) is 113 Å². The molecule has 0 radical (unpaired) electrons. The number of fused-ring (bicyclic) bond motifs is 3. The molecule has 18 nitrogen and oxygen atoms in total. The molecule has 0 spiro atoms. The molecule has 2 aromatic heterocycles. The lowest BCUT2D eigenvalue weighted by Gasteiger charge is -2.23. The average Bonchev–Trinajstić information content (AvgIpc) is 3.46. The summed E-state index contributed by atoms with van der Waals surface area (Å²) < 4.78 is 1.68. The Balaban J connectivity index is 0.797. The normalized spacial score (nSPS) is 25.2. The molecular weight excluding hydrogens is 850 g/mol. The van der Waals surface area contributed by atoms with Crippen LogP contribution in [0.3, 0.4) is 0 Å². The van der Waals surface area contributed by atoms with Gasteiger partial charge in [-0.05, 0) is 55.7 Å². The first-order valence-electron chi connectivity index (χ1n) is 21.8. The van der Waals surface area contributed by atoms with Crippen molar-refractivity contribution >= 4 is 70.0 Å². The van der Waals surface area contributed by atoms with Crippen molar-refractivity contribution in [2.24, 2.45) is 11.3 Å². The Morgan fingerprint density at radius 1 is 0.968 bits per heavy atom. The van der Waals surface area contributed by atoms with Gasteiger partial charge in [-0.25, -0.2) is 19.7 Å². The fourth-order valence-corrected chi connectivity index (χ4v) is 10.8. The Kier molecular flexibility index (Phi) is 15.3. The molecule has 3 aromatic rings. The second-order valence-corrected chi connectivity index (χ2v) is 18.3. The number of aliphatic hydroxyl groups excluding tert-OH is 2. The molecule has 4 heterocycles. The van der Waals surface area contributed by atoms with Crippen molar-refractivity contribution in [3.05, 3.63) is 47.0 Å². The molecule has 8 atom stereocenters. The number of carbonyl (C=O) groups is 5. The Labute approximate surface area is 375 Å². The van der Waals surface area contributed by atoms with Crippen LogP contribution in [0.25, 0.3) is 11.2 Å². The van der Waals surface area contributed by atoms with E-state index in [4.69, 9.17) is 11.6 Å². The maximum Gasteiger partial charge on any atom is 0.315 e. The largest absolute Gasteiger partial charge is 0.389 e. The number of unbranched alkanes of at least 4 members (excludes halogenated alkanes) is 3. The van der Waals surface area contributed by atoms with E-state index in [0.29, 0.717) is 72.6 Å². The maximum absolute atomic E-state index is 12.8. The van der Waals surface area contributed by atoms with Crippen molar-refractivity contribution in [2.75, 3.05) is 37.8 Å². The molecule has 9 N–H and O–H groups in total. The Morgan fingerprint density at radius 3 is 2.48 bits per heavy atom. The third-order valence-electron chi connectivity index (χ3n) is 12.3. The lowest BCUT2D eigenvalue weighted by atomic mass is 9.98. The number of thioether (sulfide) groups is 1. The second-order valence-electron chi connectivity index (χ2n) is 16.6. The quantitative estimate of drug-likeness (QED) is 0.0423. The first-order valence-corrected chi connectivity index (χ1v) is 23.2. The highest BCUT2D eigenvalue weighted by Crippen LogP contribution is 2.67. The van der Waals surface area contributed by atoms with Crippen LogP contribution in [-0.4, -0.2) is 121 Å². The number of urea groups is 1. The molecule has 0 bridgehead atoms. The van der Waals surface area contributed by atoms with E-state index in [0.717, 1.165) is 43.4 Å². The molecule has 6 amide bonds. The zero-order valence-corrected chi connectivity index (χ0v) is 36.8. The highest BCUT2D eigenvalue weighted by molar-refractivity contribution is 8.00. The van der Waals surface area contributed by atoms with Crippen molar-refractivity contribution < 1.29 is 34.2 Å². The van der Waals surface area contributed by atoms with Crippen LogP contribution in [0.2, 0.25) is 5.02 Å². The van der Waals surface area contributed by atoms with Crippen LogP contribution >= 0.6 is 23.4 Å². The Hall–Kier alpha value is -5.16. The van der Waals surface area contributed by atoms with Gasteiger partial charge in [0.15, 0.2) is 17.0 Å². The van der Waals surface area contributed by atoms with Crippen LogP contribution in [-0.2, 0) is 25.7 Å². The average molecular weight is 907 g/mol. The molecule has 4 fully saturated rings. The SMILES string of the molecule is CNC(=O)[C@@]12C[C@@H]1[C@@H](n1cnc3c(NCc4cccc(Cl)c4)nc(C#CCCC(=O)NCCNC(=O)CCCCCNC(=O)CCCCC4SCC5NC(=O)NC54)nc31)[C@H](O)[C@@H]2O. The third-order valence-corrected chi connectivity index (χ3v) is 14.1. The van der Waals surface area contributed by atoms with E-state index < -0.39 is 23.7 Å². The third kappa shape index (κ3) is 11.0. The highest BCUT2D eigenvalue weighted by Gasteiger charge is 2.75. The van der Waals surface area contributed by atoms with Crippen molar-refractivity contribution in [1.29, 1.82) is 0 Å². The number of hydrogen-bond donors (Lipinski definition) is 9. The molecule has 3 unspecified atom stereocenters. The minimum Gasteiger partial charge on any atom is -0.389 e. The van der Waals surface area contributed by atoms with Crippen molar-refractivity contribution in [3.8, 4) is 11.8 Å². The van der Waals surface area contributed by atoms with E-state index >= 15 is 0 Å². The van der Waals surface area contributed by atoms with Gasteiger partial charge in [0.25, 0.3) is 0 Å². The van der Waals surface area contributed by atoms with E-state index in [1.165, 1.54) is 13.4 Å². The van der Waals surface area contributed by atoms with Crippen molar-refractivity contribution in [1.82, 2.24) is 51.4 Å². The predicted molar refractivity (Wildman–Crippen MR) is 237 cm³/mol. The highest BCUT2D eigenvalue weighted by atomic mass is 35.5. The Morgan fingerprint density at radius 2 is 1.71 bits per heavy atom. The predicted octanol–water partition coefficient (Wildman–Crippen LogP) is 1.89. The van der Waals surface area contributed by atoms with E-state index in [-0.39, 0.29) is 72.9 Å². The number of benzene rings is 1. The van der Waals surface area contributed by atoms with Crippen LogP contribution in [0.15, 0.2) is 30.6 Å². The minimum atomic E-state index is -1.25. The van der Waals surface area contributed by atoms with Gasteiger partial charge in [-0.15, -0.1) is 0 Å².